The van der Waals surface area contributed by atoms with Crippen molar-refractivity contribution in [3.63, 3.8) is 0 Å². The van der Waals surface area contributed by atoms with Gasteiger partial charge in [-0.3, -0.25) is 0 Å². The van der Waals surface area contributed by atoms with Gasteiger partial charge >= 0.3 is 0 Å². The van der Waals surface area contributed by atoms with Gasteiger partial charge in [-0.25, -0.2) is 0 Å². The number of methoxy groups -OCH3 is 1. The summed E-state index contributed by atoms with van der Waals surface area (Å²) in [4.78, 5) is 0. The van der Waals surface area contributed by atoms with E-state index in [-0.39, 0.29) is 6.04 Å². The van der Waals surface area contributed by atoms with Crippen molar-refractivity contribution in [3.05, 3.63) is 29.8 Å². The molecule has 4 heteroatoms. The summed E-state index contributed by atoms with van der Waals surface area (Å²) in [6.07, 6.45) is 1.92. The van der Waals surface area contributed by atoms with E-state index in [1.807, 2.05) is 18.2 Å². The maximum Gasteiger partial charge on any atom is 0.0992 e. The van der Waals surface area contributed by atoms with Gasteiger partial charge in [-0.1, -0.05) is 6.07 Å². The number of nitrogens with one attached hydrogen (secondary N) is 1. The lowest BCUT2D eigenvalue weighted by molar-refractivity contribution is 0.182. The van der Waals surface area contributed by atoms with E-state index >= 15 is 0 Å². The fourth-order valence-electron chi connectivity index (χ4n) is 1.68. The second-order valence-electron chi connectivity index (χ2n) is 3.92. The Balaban J connectivity index is 2.61. The van der Waals surface area contributed by atoms with Crippen molar-refractivity contribution < 1.29 is 4.74 Å². The SMILES string of the molecule is COCC(CCCN)Nc1cccc(C#N)c1. The minimum absolute atomic E-state index is 0.234. The number of hydrogen-bond donors (Lipinski definition) is 2. The third-order valence-corrected chi connectivity index (χ3v) is 2.49. The Morgan fingerprint density at radius 3 is 3.00 bits per heavy atom. The third kappa shape index (κ3) is 4.85. The van der Waals surface area contributed by atoms with Crippen molar-refractivity contribution in [1.29, 1.82) is 5.26 Å². The van der Waals surface area contributed by atoms with Crippen LogP contribution < -0.4 is 11.1 Å². The second kappa shape index (κ2) is 7.66. The molecule has 0 heterocycles. The molecule has 1 rings (SSSR count). The quantitative estimate of drug-likeness (QED) is 0.752. The van der Waals surface area contributed by atoms with Gasteiger partial charge in [-0.15, -0.1) is 0 Å². The van der Waals surface area contributed by atoms with Crippen molar-refractivity contribution in [3.8, 4) is 6.07 Å². The average Bonchev–Trinajstić information content (AvgIpc) is 2.36. The zero-order chi connectivity index (χ0) is 12.5. The van der Waals surface area contributed by atoms with Crippen LogP contribution in [0.5, 0.6) is 0 Å². The van der Waals surface area contributed by atoms with Crippen molar-refractivity contribution in [2.45, 2.75) is 18.9 Å². The fourth-order valence-corrected chi connectivity index (χ4v) is 1.68. The molecule has 0 radical (unpaired) electrons. The van der Waals surface area contributed by atoms with E-state index in [9.17, 15) is 0 Å². The number of nitrogens with zero attached hydrogens (tertiary/aromatic N) is 1. The molecule has 0 aliphatic carbocycles. The van der Waals surface area contributed by atoms with Crippen molar-refractivity contribution >= 4 is 5.69 Å². The van der Waals surface area contributed by atoms with Gasteiger partial charge in [0.05, 0.1) is 18.2 Å². The van der Waals surface area contributed by atoms with Crippen molar-refractivity contribution in [1.82, 2.24) is 0 Å². The molecule has 17 heavy (non-hydrogen) atoms. The zero-order valence-corrected chi connectivity index (χ0v) is 10.1. The van der Waals surface area contributed by atoms with Crippen LogP contribution in [-0.4, -0.2) is 26.3 Å². The number of rotatable bonds is 7. The Morgan fingerprint density at radius 1 is 1.53 bits per heavy atom. The van der Waals surface area contributed by atoms with Crippen LogP contribution in [0.4, 0.5) is 5.69 Å². The van der Waals surface area contributed by atoms with E-state index in [2.05, 4.69) is 11.4 Å². The largest absolute Gasteiger partial charge is 0.383 e. The minimum Gasteiger partial charge on any atom is -0.383 e. The molecule has 0 saturated carbocycles. The molecule has 3 N–H and O–H groups in total. The van der Waals surface area contributed by atoms with E-state index in [4.69, 9.17) is 15.7 Å². The van der Waals surface area contributed by atoms with Crippen LogP contribution in [0.1, 0.15) is 18.4 Å². The molecule has 0 spiro atoms. The molecular weight excluding hydrogens is 214 g/mol. The molecule has 92 valence electrons. The lowest BCUT2D eigenvalue weighted by Gasteiger charge is -2.18. The highest BCUT2D eigenvalue weighted by atomic mass is 16.5. The van der Waals surface area contributed by atoms with Gasteiger partial charge in [0.2, 0.25) is 0 Å². The summed E-state index contributed by atoms with van der Waals surface area (Å²) in [6, 6.07) is 9.80. The number of nitriles is 1. The molecule has 0 bridgehead atoms. The number of ether oxygens (including phenoxy) is 1. The van der Waals surface area contributed by atoms with Crippen LogP contribution in [-0.2, 0) is 4.74 Å². The summed E-state index contributed by atoms with van der Waals surface area (Å²) in [6.45, 7) is 1.32. The summed E-state index contributed by atoms with van der Waals surface area (Å²) < 4.78 is 5.16. The standard InChI is InChI=1S/C13H19N3O/c1-17-10-13(6-3-7-14)16-12-5-2-4-11(8-12)9-15/h2,4-5,8,13,16H,3,6-7,10,14H2,1H3. The molecule has 0 amide bonds. The summed E-state index contributed by atoms with van der Waals surface area (Å²) in [7, 11) is 1.68. The van der Waals surface area contributed by atoms with Gasteiger partial charge in [0.15, 0.2) is 0 Å². The lowest BCUT2D eigenvalue weighted by atomic mass is 10.1. The Morgan fingerprint density at radius 2 is 2.35 bits per heavy atom. The van der Waals surface area contributed by atoms with Gasteiger partial charge in [0, 0.05) is 18.8 Å². The minimum atomic E-state index is 0.234. The highest BCUT2D eigenvalue weighted by molar-refractivity contribution is 5.49. The van der Waals surface area contributed by atoms with Gasteiger partial charge in [-0.05, 0) is 37.6 Å². The normalized spacial score (nSPS) is 11.8. The summed E-state index contributed by atoms with van der Waals surface area (Å²) in [5, 5.41) is 12.2. The molecule has 1 atom stereocenters. The Hall–Kier alpha value is -1.57. The van der Waals surface area contributed by atoms with E-state index in [0.29, 0.717) is 18.7 Å². The number of benzene rings is 1. The van der Waals surface area contributed by atoms with Gasteiger partial charge in [0.25, 0.3) is 0 Å². The molecule has 0 aromatic heterocycles. The van der Waals surface area contributed by atoms with E-state index in [0.717, 1.165) is 18.5 Å². The summed E-state index contributed by atoms with van der Waals surface area (Å²) >= 11 is 0. The third-order valence-electron chi connectivity index (χ3n) is 2.49. The molecule has 0 aliphatic rings. The maximum absolute atomic E-state index is 8.82. The highest BCUT2D eigenvalue weighted by Crippen LogP contribution is 2.13. The first-order chi connectivity index (χ1) is 8.30. The Kier molecular flexibility index (Phi) is 6.08. The number of nitrogens with two attached hydrogens (primary N) is 1. The molecule has 1 aromatic carbocycles. The molecule has 1 aromatic rings. The average molecular weight is 233 g/mol. The number of hydrogen-bond acceptors (Lipinski definition) is 4. The van der Waals surface area contributed by atoms with E-state index in [1.165, 1.54) is 0 Å². The van der Waals surface area contributed by atoms with Crippen molar-refractivity contribution in [2.24, 2.45) is 5.73 Å². The van der Waals surface area contributed by atoms with Crippen LogP contribution in [0, 0.1) is 11.3 Å². The number of anilines is 1. The first-order valence-electron chi connectivity index (χ1n) is 5.76. The molecule has 0 saturated heterocycles. The molecular formula is C13H19N3O. The lowest BCUT2D eigenvalue weighted by Crippen LogP contribution is -2.25. The first-order valence-corrected chi connectivity index (χ1v) is 5.76. The van der Waals surface area contributed by atoms with Crippen LogP contribution in [0.2, 0.25) is 0 Å². The molecule has 4 nitrogen and oxygen atoms in total. The van der Waals surface area contributed by atoms with Crippen LogP contribution >= 0.6 is 0 Å². The van der Waals surface area contributed by atoms with Gasteiger partial charge < -0.3 is 15.8 Å². The predicted molar refractivity (Wildman–Crippen MR) is 68.7 cm³/mol. The van der Waals surface area contributed by atoms with Crippen LogP contribution in [0.15, 0.2) is 24.3 Å². The van der Waals surface area contributed by atoms with E-state index in [1.54, 1.807) is 13.2 Å². The topological polar surface area (TPSA) is 71.1 Å². The fraction of sp³-hybridized carbons (Fsp3) is 0.462. The maximum atomic E-state index is 8.82. The summed E-state index contributed by atoms with van der Waals surface area (Å²) in [5.41, 5.74) is 7.11. The highest BCUT2D eigenvalue weighted by Gasteiger charge is 2.07. The van der Waals surface area contributed by atoms with E-state index < -0.39 is 0 Å². The smallest absolute Gasteiger partial charge is 0.0992 e. The molecule has 1 unspecified atom stereocenters. The summed E-state index contributed by atoms with van der Waals surface area (Å²) in [5.74, 6) is 0. The van der Waals surface area contributed by atoms with Crippen molar-refractivity contribution in [2.75, 3.05) is 25.6 Å². The van der Waals surface area contributed by atoms with Gasteiger partial charge in [-0.2, -0.15) is 5.26 Å². The van der Waals surface area contributed by atoms with Crippen LogP contribution in [0.25, 0.3) is 0 Å². The zero-order valence-electron chi connectivity index (χ0n) is 10.1. The predicted octanol–water partition coefficient (Wildman–Crippen LogP) is 1.72. The molecule has 0 aliphatic heterocycles. The first kappa shape index (κ1) is 13.5. The van der Waals surface area contributed by atoms with Crippen LogP contribution in [0.3, 0.4) is 0 Å². The van der Waals surface area contributed by atoms with Gasteiger partial charge in [0.1, 0.15) is 0 Å². The monoisotopic (exact) mass is 233 g/mol. The Labute approximate surface area is 102 Å². The molecule has 0 fully saturated rings. The second-order valence-corrected chi connectivity index (χ2v) is 3.92. The Bertz CT molecular complexity index is 373.